The van der Waals surface area contributed by atoms with Crippen molar-refractivity contribution < 1.29 is 29.0 Å². The Kier molecular flexibility index (Phi) is 6.77. The second kappa shape index (κ2) is 10.1. The number of carbonyl (C=O) groups is 3. The van der Waals surface area contributed by atoms with Gasteiger partial charge in [-0.05, 0) is 73.2 Å². The smallest absolute Gasteiger partial charge is 0.338 e. The fourth-order valence-corrected chi connectivity index (χ4v) is 3.46. The summed E-state index contributed by atoms with van der Waals surface area (Å²) in [6, 6.07) is 18.1. The van der Waals surface area contributed by atoms with Crippen LogP contribution in [-0.2, 0) is 9.53 Å². The van der Waals surface area contributed by atoms with Gasteiger partial charge in [0.2, 0.25) is 0 Å². The van der Waals surface area contributed by atoms with Crippen LogP contribution in [0.2, 0.25) is 0 Å². The minimum absolute atomic E-state index is 0.103. The summed E-state index contributed by atoms with van der Waals surface area (Å²) >= 11 is 0. The Morgan fingerprint density at radius 1 is 1.00 bits per heavy atom. The summed E-state index contributed by atoms with van der Waals surface area (Å²) in [5.41, 5.74) is 2.98. The highest BCUT2D eigenvalue weighted by atomic mass is 16.5. The lowest BCUT2D eigenvalue weighted by Gasteiger charge is -2.16. The average molecular weight is 473 g/mol. The molecule has 0 bridgehead atoms. The number of benzene rings is 3. The lowest BCUT2D eigenvalue weighted by Crippen LogP contribution is -2.32. The molecule has 178 valence electrons. The molecule has 1 aromatic heterocycles. The van der Waals surface area contributed by atoms with Crippen LogP contribution in [-0.4, -0.2) is 46.1 Å². The molecule has 9 nitrogen and oxygen atoms in total. The Labute approximate surface area is 200 Å². The molecule has 1 unspecified atom stereocenters. The Morgan fingerprint density at radius 2 is 1.69 bits per heavy atom. The highest BCUT2D eigenvalue weighted by Gasteiger charge is 2.23. The van der Waals surface area contributed by atoms with Crippen molar-refractivity contribution in [2.45, 2.75) is 19.4 Å². The second-order valence-corrected chi connectivity index (χ2v) is 7.72. The standard InChI is InChI=1S/C26H23N3O6/c1-3-22(24(30)27-18-9-4-16(5-10-18)25(31)32)35-26(33)17-8-13-20-21(14-17)29-23(28-20)15-6-11-19(34-2)12-7-15/h4-14,22H,3H2,1-2H3,(H,27,30)(H,28,29)(H,31,32). The van der Waals surface area contributed by atoms with Crippen molar-refractivity contribution in [3.63, 3.8) is 0 Å². The molecule has 0 saturated heterocycles. The predicted molar refractivity (Wildman–Crippen MR) is 130 cm³/mol. The molecule has 0 fully saturated rings. The number of hydrogen-bond donors (Lipinski definition) is 3. The van der Waals surface area contributed by atoms with Crippen LogP contribution >= 0.6 is 0 Å². The molecule has 1 amide bonds. The molecule has 0 spiro atoms. The van der Waals surface area contributed by atoms with Crippen LogP contribution in [0.3, 0.4) is 0 Å². The van der Waals surface area contributed by atoms with Gasteiger partial charge >= 0.3 is 11.9 Å². The maximum atomic E-state index is 12.8. The van der Waals surface area contributed by atoms with Gasteiger partial charge in [0.1, 0.15) is 11.6 Å². The molecule has 35 heavy (non-hydrogen) atoms. The number of nitrogens with zero attached hydrogens (tertiary/aromatic N) is 1. The third kappa shape index (κ3) is 5.30. The fraction of sp³-hybridized carbons (Fsp3) is 0.154. The van der Waals surface area contributed by atoms with Crippen molar-refractivity contribution in [2.75, 3.05) is 12.4 Å². The van der Waals surface area contributed by atoms with Crippen molar-refractivity contribution >= 4 is 34.6 Å². The molecular formula is C26H23N3O6. The SMILES string of the molecule is CCC(OC(=O)c1ccc2nc(-c3ccc(OC)cc3)[nH]c2c1)C(=O)Nc1ccc(C(=O)O)cc1. The molecule has 0 saturated carbocycles. The van der Waals surface area contributed by atoms with Gasteiger partial charge < -0.3 is 24.9 Å². The first-order valence-electron chi connectivity index (χ1n) is 10.9. The molecule has 0 aliphatic carbocycles. The van der Waals surface area contributed by atoms with E-state index in [9.17, 15) is 14.4 Å². The zero-order chi connectivity index (χ0) is 24.9. The van der Waals surface area contributed by atoms with Crippen LogP contribution in [0.25, 0.3) is 22.4 Å². The number of carboxylic acids is 1. The van der Waals surface area contributed by atoms with Gasteiger partial charge in [0.25, 0.3) is 5.91 Å². The first kappa shape index (κ1) is 23.5. The Balaban J connectivity index is 1.46. The first-order chi connectivity index (χ1) is 16.9. The summed E-state index contributed by atoms with van der Waals surface area (Å²) in [6.45, 7) is 1.73. The number of aromatic nitrogens is 2. The van der Waals surface area contributed by atoms with E-state index in [0.29, 0.717) is 22.5 Å². The number of aromatic carboxylic acids is 1. The third-order valence-corrected chi connectivity index (χ3v) is 5.39. The van der Waals surface area contributed by atoms with Gasteiger partial charge in [0, 0.05) is 11.3 Å². The first-order valence-corrected chi connectivity index (χ1v) is 10.9. The largest absolute Gasteiger partial charge is 0.497 e. The van der Waals surface area contributed by atoms with E-state index in [4.69, 9.17) is 14.6 Å². The zero-order valence-electron chi connectivity index (χ0n) is 19.1. The Morgan fingerprint density at radius 3 is 2.31 bits per heavy atom. The maximum absolute atomic E-state index is 12.8. The number of fused-ring (bicyclic) bond motifs is 1. The quantitative estimate of drug-likeness (QED) is 0.321. The number of carbonyl (C=O) groups excluding carboxylic acids is 2. The van der Waals surface area contributed by atoms with Gasteiger partial charge in [-0.1, -0.05) is 6.92 Å². The second-order valence-electron chi connectivity index (χ2n) is 7.72. The number of amides is 1. The number of aromatic amines is 1. The van der Waals surface area contributed by atoms with Crippen molar-refractivity contribution in [1.29, 1.82) is 0 Å². The van der Waals surface area contributed by atoms with Crippen LogP contribution in [0.4, 0.5) is 5.69 Å². The topological polar surface area (TPSA) is 131 Å². The molecule has 9 heteroatoms. The summed E-state index contributed by atoms with van der Waals surface area (Å²) < 4.78 is 10.6. The monoisotopic (exact) mass is 473 g/mol. The van der Waals surface area contributed by atoms with Crippen LogP contribution in [0, 0.1) is 0 Å². The number of ether oxygens (including phenoxy) is 2. The van der Waals surface area contributed by atoms with E-state index in [0.717, 1.165) is 11.3 Å². The normalized spacial score (nSPS) is 11.6. The molecule has 1 atom stereocenters. The number of H-pyrrole nitrogens is 1. The molecule has 3 N–H and O–H groups in total. The molecule has 3 aromatic carbocycles. The Hall–Kier alpha value is -4.66. The number of methoxy groups -OCH3 is 1. The molecule has 1 heterocycles. The van der Waals surface area contributed by atoms with Gasteiger partial charge in [-0.15, -0.1) is 0 Å². The lowest BCUT2D eigenvalue weighted by atomic mass is 10.2. The van der Waals surface area contributed by atoms with Crippen molar-refractivity contribution in [3.8, 4) is 17.1 Å². The van der Waals surface area contributed by atoms with E-state index in [-0.39, 0.29) is 17.5 Å². The number of carboxylic acid groups (broad SMARTS) is 1. The van der Waals surface area contributed by atoms with Crippen LogP contribution in [0.1, 0.15) is 34.1 Å². The summed E-state index contributed by atoms with van der Waals surface area (Å²) in [7, 11) is 1.60. The highest BCUT2D eigenvalue weighted by Crippen LogP contribution is 2.24. The molecule has 0 radical (unpaired) electrons. The fourth-order valence-electron chi connectivity index (χ4n) is 3.46. The van der Waals surface area contributed by atoms with E-state index in [1.165, 1.54) is 24.3 Å². The minimum atomic E-state index is -1.06. The van der Waals surface area contributed by atoms with E-state index < -0.39 is 23.9 Å². The number of anilines is 1. The summed E-state index contributed by atoms with van der Waals surface area (Å²) in [5, 5.41) is 11.6. The third-order valence-electron chi connectivity index (χ3n) is 5.39. The van der Waals surface area contributed by atoms with E-state index in [1.807, 2.05) is 24.3 Å². The highest BCUT2D eigenvalue weighted by molar-refractivity contribution is 5.99. The van der Waals surface area contributed by atoms with Gasteiger partial charge in [0.05, 0.1) is 29.3 Å². The lowest BCUT2D eigenvalue weighted by molar-refractivity contribution is -0.124. The van der Waals surface area contributed by atoms with Gasteiger partial charge in [0.15, 0.2) is 6.10 Å². The molecule has 4 aromatic rings. The van der Waals surface area contributed by atoms with Gasteiger partial charge in [-0.2, -0.15) is 0 Å². The van der Waals surface area contributed by atoms with E-state index >= 15 is 0 Å². The summed E-state index contributed by atoms with van der Waals surface area (Å²) in [4.78, 5) is 44.1. The molecule has 0 aliphatic rings. The average Bonchev–Trinajstić information content (AvgIpc) is 3.31. The number of rotatable bonds is 8. The van der Waals surface area contributed by atoms with E-state index in [1.54, 1.807) is 32.2 Å². The van der Waals surface area contributed by atoms with E-state index in [2.05, 4.69) is 15.3 Å². The number of esters is 1. The Bertz CT molecular complexity index is 1380. The minimum Gasteiger partial charge on any atom is -0.497 e. The summed E-state index contributed by atoms with van der Waals surface area (Å²) in [6.07, 6.45) is -0.757. The summed E-state index contributed by atoms with van der Waals surface area (Å²) in [5.74, 6) is -0.827. The number of imidazole rings is 1. The van der Waals surface area contributed by atoms with Crippen molar-refractivity contribution in [2.24, 2.45) is 0 Å². The van der Waals surface area contributed by atoms with Crippen molar-refractivity contribution in [3.05, 3.63) is 77.9 Å². The van der Waals surface area contributed by atoms with Crippen LogP contribution in [0.15, 0.2) is 66.7 Å². The predicted octanol–water partition coefficient (Wildman–Crippen LogP) is 4.51. The zero-order valence-corrected chi connectivity index (χ0v) is 19.1. The molecule has 0 aliphatic heterocycles. The number of hydrogen-bond acceptors (Lipinski definition) is 6. The molecular weight excluding hydrogens is 450 g/mol. The van der Waals surface area contributed by atoms with Gasteiger partial charge in [-0.25, -0.2) is 14.6 Å². The maximum Gasteiger partial charge on any atom is 0.338 e. The number of nitrogens with one attached hydrogen (secondary N) is 2. The van der Waals surface area contributed by atoms with Crippen LogP contribution < -0.4 is 10.1 Å². The van der Waals surface area contributed by atoms with Crippen LogP contribution in [0.5, 0.6) is 5.75 Å². The van der Waals surface area contributed by atoms with Gasteiger partial charge in [-0.3, -0.25) is 4.79 Å². The molecule has 4 rings (SSSR count). The van der Waals surface area contributed by atoms with Crippen molar-refractivity contribution in [1.82, 2.24) is 9.97 Å².